The molecule has 0 saturated carbocycles. The molecule has 0 radical (unpaired) electrons. The maximum Gasteiger partial charge on any atom is 0.418 e. The molecule has 1 aromatic rings. The van der Waals surface area contributed by atoms with E-state index in [9.17, 15) is 22.8 Å². The van der Waals surface area contributed by atoms with Crippen LogP contribution in [0, 0.1) is 3.57 Å². The quantitative estimate of drug-likeness (QED) is 0.323. The van der Waals surface area contributed by atoms with Crippen molar-refractivity contribution in [2.75, 3.05) is 5.33 Å². The monoisotopic (exact) mass is 420 g/mol. The van der Waals surface area contributed by atoms with Gasteiger partial charge in [-0.15, -0.1) is 0 Å². The highest BCUT2D eigenvalue weighted by atomic mass is 127. The van der Waals surface area contributed by atoms with Gasteiger partial charge >= 0.3 is 6.18 Å². The molecule has 0 N–H and O–H groups in total. The van der Waals surface area contributed by atoms with Crippen molar-refractivity contribution in [1.82, 2.24) is 0 Å². The van der Waals surface area contributed by atoms with E-state index in [1.807, 2.05) is 0 Å². The largest absolute Gasteiger partial charge is 0.418 e. The summed E-state index contributed by atoms with van der Waals surface area (Å²) in [6.45, 7) is 0. The van der Waals surface area contributed by atoms with Crippen molar-refractivity contribution in [3.63, 3.8) is 0 Å². The van der Waals surface area contributed by atoms with Crippen LogP contribution in [0.1, 0.15) is 26.3 Å². The Kier molecular flexibility index (Phi) is 4.70. The summed E-state index contributed by atoms with van der Waals surface area (Å²) in [4.78, 5) is 22.0. The number of carbonyl (C=O) groups is 2. The lowest BCUT2D eigenvalue weighted by atomic mass is 10.0. The summed E-state index contributed by atoms with van der Waals surface area (Å²) < 4.78 is 37.8. The van der Waals surface area contributed by atoms with Crippen LogP contribution >= 0.6 is 38.5 Å². The smallest absolute Gasteiger partial charge is 0.298 e. The van der Waals surface area contributed by atoms with Crippen molar-refractivity contribution in [2.45, 2.75) is 6.18 Å². The summed E-state index contributed by atoms with van der Waals surface area (Å²) in [5.41, 5.74) is -1.44. The average molecular weight is 421 g/mol. The SMILES string of the molecule is O=Cc1cc(C(=O)CBr)cc(I)c1C(F)(F)F. The van der Waals surface area contributed by atoms with Gasteiger partial charge in [0.2, 0.25) is 0 Å². The van der Waals surface area contributed by atoms with Crippen LogP contribution < -0.4 is 0 Å². The molecule has 0 unspecified atom stereocenters. The summed E-state index contributed by atoms with van der Waals surface area (Å²) in [6.07, 6.45) is -4.50. The summed E-state index contributed by atoms with van der Waals surface area (Å²) >= 11 is 4.38. The molecule has 1 rings (SSSR count). The predicted molar refractivity (Wildman–Crippen MR) is 67.7 cm³/mol. The van der Waals surface area contributed by atoms with E-state index in [-0.39, 0.29) is 26.5 Å². The highest BCUT2D eigenvalue weighted by Gasteiger charge is 2.36. The number of ketones is 1. The van der Waals surface area contributed by atoms with Gasteiger partial charge in [0.15, 0.2) is 12.1 Å². The molecular formula is C10H5BrF3IO2. The van der Waals surface area contributed by atoms with Crippen LogP contribution in [0.15, 0.2) is 12.1 Å². The zero-order valence-corrected chi connectivity index (χ0v) is 11.9. The molecule has 17 heavy (non-hydrogen) atoms. The third kappa shape index (κ3) is 3.27. The minimum Gasteiger partial charge on any atom is -0.298 e. The van der Waals surface area contributed by atoms with E-state index in [0.29, 0.717) is 0 Å². The molecule has 7 heteroatoms. The third-order valence-corrected chi connectivity index (χ3v) is 3.33. The number of aldehydes is 1. The highest BCUT2D eigenvalue weighted by molar-refractivity contribution is 14.1. The Morgan fingerprint density at radius 1 is 1.41 bits per heavy atom. The van der Waals surface area contributed by atoms with Crippen molar-refractivity contribution in [1.29, 1.82) is 0 Å². The Balaban J connectivity index is 3.47. The van der Waals surface area contributed by atoms with Crippen molar-refractivity contribution in [2.24, 2.45) is 0 Å². The maximum absolute atomic E-state index is 12.7. The van der Waals surface area contributed by atoms with Crippen LogP contribution in [0.3, 0.4) is 0 Å². The lowest BCUT2D eigenvalue weighted by molar-refractivity contribution is -0.138. The minimum atomic E-state index is -4.61. The molecule has 0 aliphatic heterocycles. The van der Waals surface area contributed by atoms with Crippen molar-refractivity contribution >= 4 is 50.6 Å². The zero-order chi connectivity index (χ0) is 13.2. The van der Waals surface area contributed by atoms with E-state index in [4.69, 9.17) is 0 Å². The van der Waals surface area contributed by atoms with Gasteiger partial charge in [-0.05, 0) is 34.7 Å². The first kappa shape index (κ1) is 14.6. The Morgan fingerprint density at radius 2 is 2.00 bits per heavy atom. The second-order valence-electron chi connectivity index (χ2n) is 3.09. The molecule has 0 spiro atoms. The van der Waals surface area contributed by atoms with E-state index in [0.717, 1.165) is 12.1 Å². The van der Waals surface area contributed by atoms with Gasteiger partial charge in [-0.2, -0.15) is 13.2 Å². The number of carbonyl (C=O) groups excluding carboxylic acids is 2. The fourth-order valence-electron chi connectivity index (χ4n) is 1.26. The molecule has 0 bridgehead atoms. The fourth-order valence-corrected chi connectivity index (χ4v) is 2.53. The minimum absolute atomic E-state index is 0.00720. The van der Waals surface area contributed by atoms with E-state index in [2.05, 4.69) is 15.9 Å². The number of hydrogen-bond acceptors (Lipinski definition) is 2. The molecule has 1 aromatic carbocycles. The van der Waals surface area contributed by atoms with Crippen LogP contribution in [-0.4, -0.2) is 17.4 Å². The number of alkyl halides is 4. The molecule has 0 heterocycles. The molecule has 0 aliphatic carbocycles. The van der Waals surface area contributed by atoms with Gasteiger partial charge in [-0.25, -0.2) is 0 Å². The molecule has 2 nitrogen and oxygen atoms in total. The number of hydrogen-bond donors (Lipinski definition) is 0. The molecule has 0 saturated heterocycles. The lowest BCUT2D eigenvalue weighted by Gasteiger charge is -2.12. The summed E-state index contributed by atoms with van der Waals surface area (Å²) in [6, 6.07) is 2.08. The molecular weight excluding hydrogens is 416 g/mol. The summed E-state index contributed by atoms with van der Waals surface area (Å²) in [5, 5.41) is -0.00720. The van der Waals surface area contributed by atoms with E-state index >= 15 is 0 Å². The summed E-state index contributed by atoms with van der Waals surface area (Å²) in [5.74, 6) is -0.375. The normalized spacial score (nSPS) is 11.4. The first-order valence-electron chi connectivity index (χ1n) is 4.26. The second kappa shape index (κ2) is 5.47. The number of benzene rings is 1. The lowest BCUT2D eigenvalue weighted by Crippen LogP contribution is -2.13. The van der Waals surface area contributed by atoms with Gasteiger partial charge in [0.25, 0.3) is 0 Å². The molecule has 0 aromatic heterocycles. The van der Waals surface area contributed by atoms with Crippen molar-refractivity contribution < 1.29 is 22.8 Å². The second-order valence-corrected chi connectivity index (χ2v) is 4.82. The van der Waals surface area contributed by atoms with Crippen LogP contribution in [0.5, 0.6) is 0 Å². The zero-order valence-electron chi connectivity index (χ0n) is 8.15. The van der Waals surface area contributed by atoms with Gasteiger partial charge in [-0.1, -0.05) is 15.9 Å². The molecule has 0 fully saturated rings. The number of rotatable bonds is 3. The Bertz CT molecular complexity index is 471. The van der Waals surface area contributed by atoms with Crippen LogP contribution in [-0.2, 0) is 6.18 Å². The average Bonchev–Trinajstić information content (AvgIpc) is 2.24. The van der Waals surface area contributed by atoms with Gasteiger partial charge in [0, 0.05) is 14.7 Å². The number of halogens is 5. The molecule has 0 aliphatic rings. The van der Waals surface area contributed by atoms with Gasteiger partial charge in [0.05, 0.1) is 10.9 Å². The molecule has 0 amide bonds. The topological polar surface area (TPSA) is 34.1 Å². The first-order chi connectivity index (χ1) is 7.81. The van der Waals surface area contributed by atoms with E-state index in [1.54, 1.807) is 0 Å². The van der Waals surface area contributed by atoms with E-state index < -0.39 is 17.3 Å². The predicted octanol–water partition coefficient (Wildman–Crippen LogP) is 3.70. The molecule has 0 atom stereocenters. The maximum atomic E-state index is 12.7. The van der Waals surface area contributed by atoms with Crippen LogP contribution in [0.4, 0.5) is 13.2 Å². The number of Topliss-reactive ketones (excluding diaryl/α,β-unsaturated/α-hetero) is 1. The fraction of sp³-hybridized carbons (Fsp3) is 0.200. The standard InChI is InChI=1S/C10H5BrF3IO2/c11-3-8(17)5-1-6(4-16)9(7(15)2-5)10(12,13)14/h1-2,4H,3H2. The Hall–Kier alpha value is -0.440. The van der Waals surface area contributed by atoms with Crippen molar-refractivity contribution in [3.05, 3.63) is 32.4 Å². The van der Waals surface area contributed by atoms with Crippen LogP contribution in [0.2, 0.25) is 0 Å². The summed E-state index contributed by atoms with van der Waals surface area (Å²) in [7, 11) is 0. The van der Waals surface area contributed by atoms with Gasteiger partial charge in [0.1, 0.15) is 0 Å². The first-order valence-corrected chi connectivity index (χ1v) is 6.46. The molecule has 92 valence electrons. The van der Waals surface area contributed by atoms with Gasteiger partial charge in [-0.3, -0.25) is 9.59 Å². The van der Waals surface area contributed by atoms with Crippen LogP contribution in [0.25, 0.3) is 0 Å². The van der Waals surface area contributed by atoms with Gasteiger partial charge < -0.3 is 0 Å². The Morgan fingerprint density at radius 3 is 2.41 bits per heavy atom. The van der Waals surface area contributed by atoms with Crippen molar-refractivity contribution in [3.8, 4) is 0 Å². The Labute approximate surface area is 117 Å². The van der Waals surface area contributed by atoms with E-state index in [1.165, 1.54) is 22.6 Å². The third-order valence-electron chi connectivity index (χ3n) is 1.97. The highest BCUT2D eigenvalue weighted by Crippen LogP contribution is 2.35.